The number of nitrogens with one attached hydrogen (secondary N) is 1. The first-order valence-electron chi connectivity index (χ1n) is 6.21. The summed E-state index contributed by atoms with van der Waals surface area (Å²) in [6.45, 7) is 3.66. The first kappa shape index (κ1) is 12.6. The SMILES string of the molecule is CC1CSC(c2cc(Br)c3c(c2)OCCCO3)N1. The Kier molecular flexibility index (Phi) is 3.73. The van der Waals surface area contributed by atoms with Gasteiger partial charge in [-0.2, -0.15) is 0 Å². The summed E-state index contributed by atoms with van der Waals surface area (Å²) < 4.78 is 12.5. The molecule has 1 aromatic carbocycles. The number of ether oxygens (including phenoxy) is 2. The van der Waals surface area contributed by atoms with Crippen molar-refractivity contribution in [3.63, 3.8) is 0 Å². The van der Waals surface area contributed by atoms with E-state index in [1.165, 1.54) is 5.56 Å². The Bertz CT molecular complexity index is 455. The van der Waals surface area contributed by atoms with Crippen LogP contribution in [-0.4, -0.2) is 25.0 Å². The number of hydrogen-bond donors (Lipinski definition) is 1. The molecule has 0 aromatic heterocycles. The average molecular weight is 330 g/mol. The normalized spacial score (nSPS) is 27.0. The van der Waals surface area contributed by atoms with Crippen molar-refractivity contribution in [1.29, 1.82) is 0 Å². The average Bonchev–Trinajstić information content (AvgIpc) is 2.63. The molecule has 0 bridgehead atoms. The van der Waals surface area contributed by atoms with Gasteiger partial charge in [0.05, 0.1) is 23.1 Å². The van der Waals surface area contributed by atoms with Crippen LogP contribution >= 0.6 is 27.7 Å². The number of halogens is 1. The zero-order valence-corrected chi connectivity index (χ0v) is 12.6. The molecule has 0 amide bonds. The summed E-state index contributed by atoms with van der Waals surface area (Å²) in [5.41, 5.74) is 1.25. The van der Waals surface area contributed by atoms with E-state index in [9.17, 15) is 0 Å². The highest BCUT2D eigenvalue weighted by Crippen LogP contribution is 2.42. The summed E-state index contributed by atoms with van der Waals surface area (Å²) in [5, 5.41) is 3.92. The molecular formula is C13H16BrNO2S. The molecule has 2 atom stereocenters. The second kappa shape index (κ2) is 5.31. The van der Waals surface area contributed by atoms with Crippen LogP contribution < -0.4 is 14.8 Å². The van der Waals surface area contributed by atoms with E-state index in [1.54, 1.807) is 0 Å². The fourth-order valence-electron chi connectivity index (χ4n) is 2.19. The third-order valence-electron chi connectivity index (χ3n) is 3.08. The van der Waals surface area contributed by atoms with E-state index in [1.807, 2.05) is 11.8 Å². The van der Waals surface area contributed by atoms with E-state index < -0.39 is 0 Å². The quantitative estimate of drug-likeness (QED) is 0.856. The lowest BCUT2D eigenvalue weighted by molar-refractivity contribution is 0.296. The predicted molar refractivity (Wildman–Crippen MR) is 77.5 cm³/mol. The van der Waals surface area contributed by atoms with Crippen LogP contribution in [0, 0.1) is 0 Å². The van der Waals surface area contributed by atoms with Crippen LogP contribution in [0.25, 0.3) is 0 Å². The Labute approximate surface area is 120 Å². The van der Waals surface area contributed by atoms with Crippen molar-refractivity contribution in [2.45, 2.75) is 24.8 Å². The highest BCUT2D eigenvalue weighted by atomic mass is 79.9. The van der Waals surface area contributed by atoms with E-state index >= 15 is 0 Å². The van der Waals surface area contributed by atoms with Gasteiger partial charge in [-0.05, 0) is 40.5 Å². The third kappa shape index (κ3) is 2.49. The summed E-state index contributed by atoms with van der Waals surface area (Å²) in [5.74, 6) is 2.85. The summed E-state index contributed by atoms with van der Waals surface area (Å²) in [6, 6.07) is 4.81. The summed E-state index contributed by atoms with van der Waals surface area (Å²) in [6.07, 6.45) is 0.934. The second-order valence-corrected chi connectivity index (χ2v) is 6.65. The number of hydrogen-bond acceptors (Lipinski definition) is 4. The Morgan fingerprint density at radius 1 is 1.33 bits per heavy atom. The number of benzene rings is 1. The third-order valence-corrected chi connectivity index (χ3v) is 5.10. The minimum Gasteiger partial charge on any atom is -0.490 e. The smallest absolute Gasteiger partial charge is 0.175 e. The van der Waals surface area contributed by atoms with Crippen LogP contribution in [0.3, 0.4) is 0 Å². The van der Waals surface area contributed by atoms with Gasteiger partial charge in [0.2, 0.25) is 0 Å². The van der Waals surface area contributed by atoms with E-state index in [4.69, 9.17) is 9.47 Å². The molecule has 1 saturated heterocycles. The monoisotopic (exact) mass is 329 g/mol. The molecule has 5 heteroatoms. The highest BCUT2D eigenvalue weighted by Gasteiger charge is 2.25. The van der Waals surface area contributed by atoms with Gasteiger partial charge < -0.3 is 9.47 Å². The molecule has 3 nitrogen and oxygen atoms in total. The fraction of sp³-hybridized carbons (Fsp3) is 0.538. The van der Waals surface area contributed by atoms with Crippen LogP contribution in [0.5, 0.6) is 11.5 Å². The Morgan fingerprint density at radius 3 is 2.94 bits per heavy atom. The van der Waals surface area contributed by atoms with Crippen LogP contribution in [-0.2, 0) is 0 Å². The molecule has 98 valence electrons. The topological polar surface area (TPSA) is 30.5 Å². The van der Waals surface area contributed by atoms with Crippen molar-refractivity contribution in [2.75, 3.05) is 19.0 Å². The van der Waals surface area contributed by atoms with Crippen molar-refractivity contribution in [3.8, 4) is 11.5 Å². The standard InChI is InChI=1S/C13H16BrNO2S/c1-8-7-18-13(15-8)9-5-10(14)12-11(6-9)16-3-2-4-17-12/h5-6,8,13,15H,2-4,7H2,1H3. The largest absolute Gasteiger partial charge is 0.490 e. The molecule has 3 rings (SSSR count). The molecule has 0 radical (unpaired) electrons. The maximum atomic E-state index is 5.76. The van der Waals surface area contributed by atoms with Gasteiger partial charge in [-0.1, -0.05) is 0 Å². The van der Waals surface area contributed by atoms with Crippen molar-refractivity contribution in [2.24, 2.45) is 0 Å². The molecule has 0 saturated carbocycles. The van der Waals surface area contributed by atoms with Crippen molar-refractivity contribution < 1.29 is 9.47 Å². The minimum atomic E-state index is 0.355. The molecule has 1 N–H and O–H groups in total. The molecular weight excluding hydrogens is 314 g/mol. The van der Waals surface area contributed by atoms with Gasteiger partial charge in [-0.15, -0.1) is 11.8 Å². The van der Waals surface area contributed by atoms with Gasteiger partial charge in [-0.3, -0.25) is 5.32 Å². The van der Waals surface area contributed by atoms with Crippen LogP contribution in [0.2, 0.25) is 0 Å². The molecule has 2 aliphatic rings. The fourth-order valence-corrected chi connectivity index (χ4v) is 4.00. The molecule has 0 aliphatic carbocycles. The van der Waals surface area contributed by atoms with Gasteiger partial charge in [0.1, 0.15) is 0 Å². The van der Waals surface area contributed by atoms with E-state index in [-0.39, 0.29) is 0 Å². The summed E-state index contributed by atoms with van der Waals surface area (Å²) >= 11 is 5.53. The summed E-state index contributed by atoms with van der Waals surface area (Å²) in [7, 11) is 0. The second-order valence-electron chi connectivity index (χ2n) is 4.66. The molecule has 18 heavy (non-hydrogen) atoms. The van der Waals surface area contributed by atoms with Crippen molar-refractivity contribution in [3.05, 3.63) is 22.2 Å². The lowest BCUT2D eigenvalue weighted by atomic mass is 10.2. The van der Waals surface area contributed by atoms with Gasteiger partial charge in [0.25, 0.3) is 0 Å². The van der Waals surface area contributed by atoms with Crippen LogP contribution in [0.15, 0.2) is 16.6 Å². The summed E-state index contributed by atoms with van der Waals surface area (Å²) in [4.78, 5) is 0. The van der Waals surface area contributed by atoms with Gasteiger partial charge in [0, 0.05) is 18.2 Å². The van der Waals surface area contributed by atoms with E-state index in [0.717, 1.165) is 41.4 Å². The molecule has 2 heterocycles. The number of fused-ring (bicyclic) bond motifs is 1. The van der Waals surface area contributed by atoms with Gasteiger partial charge >= 0.3 is 0 Å². The molecule has 2 unspecified atom stereocenters. The molecule has 1 aromatic rings. The lowest BCUT2D eigenvalue weighted by Crippen LogP contribution is -2.21. The van der Waals surface area contributed by atoms with Gasteiger partial charge in [-0.25, -0.2) is 0 Å². The zero-order valence-electron chi connectivity index (χ0n) is 10.2. The molecule has 2 aliphatic heterocycles. The van der Waals surface area contributed by atoms with E-state index in [0.29, 0.717) is 11.4 Å². The van der Waals surface area contributed by atoms with Gasteiger partial charge in [0.15, 0.2) is 11.5 Å². The molecule has 0 spiro atoms. The maximum absolute atomic E-state index is 5.76. The Balaban J connectivity index is 1.92. The van der Waals surface area contributed by atoms with E-state index in [2.05, 4.69) is 40.3 Å². The lowest BCUT2D eigenvalue weighted by Gasteiger charge is -2.16. The number of rotatable bonds is 1. The van der Waals surface area contributed by atoms with Crippen LogP contribution in [0.4, 0.5) is 0 Å². The van der Waals surface area contributed by atoms with Crippen molar-refractivity contribution in [1.82, 2.24) is 5.32 Å². The molecule has 1 fully saturated rings. The minimum absolute atomic E-state index is 0.355. The first-order valence-corrected chi connectivity index (χ1v) is 8.05. The Morgan fingerprint density at radius 2 is 2.17 bits per heavy atom. The highest BCUT2D eigenvalue weighted by molar-refractivity contribution is 9.10. The number of thioether (sulfide) groups is 1. The van der Waals surface area contributed by atoms with Crippen molar-refractivity contribution >= 4 is 27.7 Å². The maximum Gasteiger partial charge on any atom is 0.175 e. The van der Waals surface area contributed by atoms with Crippen LogP contribution in [0.1, 0.15) is 24.3 Å². The Hall–Kier alpha value is -0.390. The first-order chi connectivity index (χ1) is 8.74. The zero-order chi connectivity index (χ0) is 12.5. The predicted octanol–water partition coefficient (Wildman–Crippen LogP) is 3.33.